The smallest absolute Gasteiger partial charge is 0.243 e. The highest BCUT2D eigenvalue weighted by atomic mass is 127. The molecule has 29 heavy (non-hydrogen) atoms. The Morgan fingerprint density at radius 1 is 1.31 bits per heavy atom. The predicted molar refractivity (Wildman–Crippen MR) is 128 cm³/mol. The van der Waals surface area contributed by atoms with Gasteiger partial charge in [0, 0.05) is 44.2 Å². The highest BCUT2D eigenvalue weighted by molar-refractivity contribution is 14.0. The third-order valence-corrected chi connectivity index (χ3v) is 5.76. The van der Waals surface area contributed by atoms with Crippen LogP contribution in [0.2, 0.25) is 5.02 Å². The van der Waals surface area contributed by atoms with Crippen LogP contribution in [-0.4, -0.2) is 63.2 Å². The van der Waals surface area contributed by atoms with Crippen molar-refractivity contribution in [2.75, 3.05) is 40.3 Å². The number of guanidine groups is 1. The minimum absolute atomic E-state index is 0. The molecule has 0 spiro atoms. The number of likely N-dealkylation sites (N-methyl/N-ethyl adjacent to an activating group) is 1. The van der Waals surface area contributed by atoms with Crippen LogP contribution in [0.15, 0.2) is 29.3 Å². The van der Waals surface area contributed by atoms with Gasteiger partial charge in [0.05, 0.1) is 6.10 Å². The van der Waals surface area contributed by atoms with Gasteiger partial charge in [-0.2, -0.15) is 0 Å². The van der Waals surface area contributed by atoms with E-state index < -0.39 is 0 Å². The quantitative estimate of drug-likeness (QED) is 0.320. The summed E-state index contributed by atoms with van der Waals surface area (Å²) in [5, 5.41) is 7.57. The molecule has 2 fully saturated rings. The van der Waals surface area contributed by atoms with E-state index in [1.165, 1.54) is 12.0 Å². The molecule has 1 atom stereocenters. The first-order valence-corrected chi connectivity index (χ1v) is 10.5. The fraction of sp³-hybridized carbons (Fsp3) is 0.619. The molecule has 6 nitrogen and oxygen atoms in total. The summed E-state index contributed by atoms with van der Waals surface area (Å²) in [5.41, 5.74) is 1.35. The van der Waals surface area contributed by atoms with Crippen LogP contribution in [0.25, 0.3) is 0 Å². The molecule has 1 unspecified atom stereocenters. The van der Waals surface area contributed by atoms with Gasteiger partial charge < -0.3 is 20.3 Å². The van der Waals surface area contributed by atoms with Crippen LogP contribution in [0.5, 0.6) is 0 Å². The van der Waals surface area contributed by atoms with Crippen molar-refractivity contribution in [2.45, 2.75) is 43.6 Å². The summed E-state index contributed by atoms with van der Waals surface area (Å²) in [6.07, 6.45) is 5.83. The molecule has 1 aromatic carbocycles. The molecular weight excluding hydrogens is 503 g/mol. The Hall–Kier alpha value is -1.06. The number of nitrogens with one attached hydrogen (secondary N) is 2. The number of aliphatic imine (C=N–C) groups is 1. The lowest BCUT2D eigenvalue weighted by atomic mass is 9.96. The average Bonchev–Trinajstić information content (AvgIpc) is 3.49. The molecule has 1 aliphatic heterocycles. The maximum Gasteiger partial charge on any atom is 0.243 e. The van der Waals surface area contributed by atoms with Gasteiger partial charge in [-0.15, -0.1) is 24.0 Å². The number of amides is 1. The standard InChI is InChI=1S/C21H31ClN4O2.HI/c1-26(2)19(27)14-24-20(23-13-18-8-3-4-11-28-18)25-15-21(9-10-21)16-6-5-7-17(22)12-16;/h5-7,12,18H,3-4,8-11,13-15H2,1-2H3,(H2,23,24,25);1H. The monoisotopic (exact) mass is 534 g/mol. The van der Waals surface area contributed by atoms with Crippen molar-refractivity contribution in [1.29, 1.82) is 0 Å². The van der Waals surface area contributed by atoms with Gasteiger partial charge >= 0.3 is 0 Å². The Morgan fingerprint density at radius 2 is 2.10 bits per heavy atom. The lowest BCUT2D eigenvalue weighted by Gasteiger charge is -2.25. The molecular formula is C21H32ClIN4O2. The van der Waals surface area contributed by atoms with Gasteiger partial charge in [-0.1, -0.05) is 23.7 Å². The largest absolute Gasteiger partial charge is 0.376 e. The zero-order valence-corrected chi connectivity index (χ0v) is 20.3. The number of benzene rings is 1. The molecule has 1 aliphatic carbocycles. The van der Waals surface area contributed by atoms with Gasteiger partial charge in [-0.05, 0) is 49.8 Å². The van der Waals surface area contributed by atoms with Crippen molar-refractivity contribution in [3.63, 3.8) is 0 Å². The van der Waals surface area contributed by atoms with Crippen LogP contribution in [0.1, 0.15) is 37.7 Å². The van der Waals surface area contributed by atoms with E-state index in [1.807, 2.05) is 18.2 Å². The average molecular weight is 535 g/mol. The minimum Gasteiger partial charge on any atom is -0.376 e. The molecule has 8 heteroatoms. The maximum atomic E-state index is 11.9. The molecule has 1 aromatic rings. The highest BCUT2D eigenvalue weighted by Crippen LogP contribution is 2.48. The van der Waals surface area contributed by atoms with E-state index in [0.29, 0.717) is 12.5 Å². The Kier molecular flexibility index (Phi) is 9.49. The molecule has 0 bridgehead atoms. The minimum atomic E-state index is -0.0222. The highest BCUT2D eigenvalue weighted by Gasteiger charge is 2.44. The van der Waals surface area contributed by atoms with E-state index in [-0.39, 0.29) is 47.9 Å². The van der Waals surface area contributed by atoms with Crippen LogP contribution < -0.4 is 10.6 Å². The Morgan fingerprint density at radius 3 is 2.72 bits per heavy atom. The number of ether oxygens (including phenoxy) is 1. The van der Waals surface area contributed by atoms with Crippen molar-refractivity contribution in [3.05, 3.63) is 34.9 Å². The molecule has 1 saturated carbocycles. The molecule has 2 aliphatic rings. The van der Waals surface area contributed by atoms with Crippen LogP contribution in [0.3, 0.4) is 0 Å². The first-order chi connectivity index (χ1) is 13.5. The molecule has 3 rings (SSSR count). The summed E-state index contributed by atoms with van der Waals surface area (Å²) in [6.45, 7) is 2.41. The van der Waals surface area contributed by atoms with Crippen LogP contribution in [-0.2, 0) is 14.9 Å². The Balaban J connectivity index is 0.00000300. The first-order valence-electron chi connectivity index (χ1n) is 10.1. The van der Waals surface area contributed by atoms with Crippen molar-refractivity contribution in [3.8, 4) is 0 Å². The third kappa shape index (κ3) is 7.29. The van der Waals surface area contributed by atoms with Gasteiger partial charge in [-0.3, -0.25) is 4.79 Å². The number of rotatable bonds is 7. The van der Waals surface area contributed by atoms with Gasteiger partial charge in [0.25, 0.3) is 0 Å². The summed E-state index contributed by atoms with van der Waals surface area (Å²) < 4.78 is 5.80. The normalized spacial score (nSPS) is 20.4. The van der Waals surface area contributed by atoms with Crippen molar-refractivity contribution in [2.24, 2.45) is 4.99 Å². The molecule has 162 valence electrons. The molecule has 2 N–H and O–H groups in total. The molecule has 0 aromatic heterocycles. The van der Waals surface area contributed by atoms with E-state index in [4.69, 9.17) is 16.3 Å². The number of hydrogen-bond acceptors (Lipinski definition) is 3. The number of nitrogens with zero attached hydrogens (tertiary/aromatic N) is 2. The maximum absolute atomic E-state index is 11.9. The molecule has 1 saturated heterocycles. The van der Waals surface area contributed by atoms with Crippen molar-refractivity contribution < 1.29 is 9.53 Å². The summed E-state index contributed by atoms with van der Waals surface area (Å²) >= 11 is 6.18. The zero-order valence-electron chi connectivity index (χ0n) is 17.2. The van der Waals surface area contributed by atoms with Crippen LogP contribution in [0, 0.1) is 0 Å². The number of carbonyl (C=O) groups is 1. The lowest BCUT2D eigenvalue weighted by molar-refractivity contribution is -0.127. The van der Waals surface area contributed by atoms with Crippen LogP contribution in [0.4, 0.5) is 0 Å². The number of hydrogen-bond donors (Lipinski definition) is 2. The van der Waals surface area contributed by atoms with Crippen molar-refractivity contribution in [1.82, 2.24) is 15.5 Å². The van der Waals surface area contributed by atoms with E-state index in [9.17, 15) is 4.79 Å². The number of halogens is 2. The predicted octanol–water partition coefficient (Wildman–Crippen LogP) is 3.18. The second kappa shape index (κ2) is 11.4. The fourth-order valence-electron chi connectivity index (χ4n) is 3.43. The second-order valence-electron chi connectivity index (χ2n) is 7.97. The fourth-order valence-corrected chi connectivity index (χ4v) is 3.62. The summed E-state index contributed by atoms with van der Waals surface area (Å²) in [5.74, 6) is 0.642. The topological polar surface area (TPSA) is 66.0 Å². The van der Waals surface area contributed by atoms with Gasteiger partial charge in [-0.25, -0.2) is 4.99 Å². The molecule has 1 heterocycles. The van der Waals surface area contributed by atoms with Gasteiger partial charge in [0.2, 0.25) is 5.91 Å². The Labute approximate surface area is 195 Å². The molecule has 1 amide bonds. The van der Waals surface area contributed by atoms with E-state index in [1.54, 1.807) is 19.0 Å². The second-order valence-corrected chi connectivity index (χ2v) is 8.40. The summed E-state index contributed by atoms with van der Waals surface area (Å²) in [7, 11) is 3.49. The van der Waals surface area contributed by atoms with Crippen LogP contribution >= 0.6 is 35.6 Å². The summed E-state index contributed by atoms with van der Waals surface area (Å²) in [4.78, 5) is 18.0. The van der Waals surface area contributed by atoms with Gasteiger partial charge in [0.15, 0.2) is 5.96 Å². The van der Waals surface area contributed by atoms with E-state index in [2.05, 4.69) is 21.7 Å². The van der Waals surface area contributed by atoms with E-state index >= 15 is 0 Å². The summed E-state index contributed by atoms with van der Waals surface area (Å²) in [6, 6.07) is 8.09. The van der Waals surface area contributed by atoms with Crippen molar-refractivity contribution >= 4 is 47.4 Å². The van der Waals surface area contributed by atoms with E-state index in [0.717, 1.165) is 43.9 Å². The first kappa shape index (κ1) is 24.2. The Bertz CT molecular complexity index is 704. The SMILES string of the molecule is CN(C)C(=O)CN=C(NCC1CCCCO1)NCC1(c2cccc(Cl)c2)CC1.I. The van der Waals surface area contributed by atoms with Gasteiger partial charge in [0.1, 0.15) is 6.54 Å². The third-order valence-electron chi connectivity index (χ3n) is 5.53. The lowest BCUT2D eigenvalue weighted by Crippen LogP contribution is -2.45. The zero-order chi connectivity index (χ0) is 20.0. The number of carbonyl (C=O) groups excluding carboxylic acids is 1. The molecule has 0 radical (unpaired) electrons.